The quantitative estimate of drug-likeness (QED) is 0.919. The third-order valence-corrected chi connectivity index (χ3v) is 3.46. The first-order chi connectivity index (χ1) is 8.59. The zero-order valence-electron chi connectivity index (χ0n) is 10.5. The third kappa shape index (κ3) is 2.57. The van der Waals surface area contributed by atoms with Gasteiger partial charge in [-0.05, 0) is 30.7 Å². The second-order valence-electron chi connectivity index (χ2n) is 4.25. The summed E-state index contributed by atoms with van der Waals surface area (Å²) in [4.78, 5) is 6.22. The first kappa shape index (κ1) is 12.7. The number of nitrogens with zero attached hydrogens (tertiary/aromatic N) is 2. The number of anilines is 2. The molecule has 2 aromatic rings. The Morgan fingerprint density at radius 3 is 2.56 bits per heavy atom. The van der Waals surface area contributed by atoms with Crippen molar-refractivity contribution in [2.45, 2.75) is 13.0 Å². The molecule has 94 valence electrons. The van der Waals surface area contributed by atoms with E-state index in [0.717, 1.165) is 16.3 Å². The Labute approximate surface area is 112 Å². The van der Waals surface area contributed by atoms with Crippen molar-refractivity contribution in [3.05, 3.63) is 53.2 Å². The lowest BCUT2D eigenvalue weighted by atomic mass is 10.1. The molecule has 1 heterocycles. The normalized spacial score (nSPS) is 12.2. The lowest BCUT2D eigenvalue weighted by Crippen LogP contribution is -2.22. The molecule has 2 rings (SSSR count). The lowest BCUT2D eigenvalue weighted by molar-refractivity contribution is 0.738. The second-order valence-corrected chi connectivity index (χ2v) is 4.66. The highest BCUT2D eigenvalue weighted by Gasteiger charge is 2.14. The highest BCUT2D eigenvalue weighted by Crippen LogP contribution is 2.29. The number of pyridine rings is 1. The summed E-state index contributed by atoms with van der Waals surface area (Å²) < 4.78 is 0. The molecule has 2 N–H and O–H groups in total. The minimum Gasteiger partial charge on any atom is -0.384 e. The van der Waals surface area contributed by atoms with Gasteiger partial charge < -0.3 is 10.6 Å². The van der Waals surface area contributed by atoms with Gasteiger partial charge in [-0.25, -0.2) is 4.98 Å². The van der Waals surface area contributed by atoms with Crippen LogP contribution in [0.2, 0.25) is 5.02 Å². The Morgan fingerprint density at radius 2 is 1.94 bits per heavy atom. The van der Waals surface area contributed by atoms with Crippen LogP contribution in [0.15, 0.2) is 42.6 Å². The number of benzene rings is 1. The van der Waals surface area contributed by atoms with Gasteiger partial charge in [0.25, 0.3) is 0 Å². The summed E-state index contributed by atoms with van der Waals surface area (Å²) in [6.07, 6.45) is 1.77. The van der Waals surface area contributed by atoms with Gasteiger partial charge in [-0.3, -0.25) is 0 Å². The number of aromatic nitrogens is 1. The predicted octanol–water partition coefficient (Wildman–Crippen LogP) is 3.51. The molecule has 0 aliphatic heterocycles. The fourth-order valence-electron chi connectivity index (χ4n) is 1.85. The number of nitrogens with two attached hydrogens (primary N) is 1. The Kier molecular flexibility index (Phi) is 3.72. The van der Waals surface area contributed by atoms with Crippen LogP contribution >= 0.6 is 11.6 Å². The van der Waals surface area contributed by atoms with Crippen molar-refractivity contribution in [2.24, 2.45) is 0 Å². The van der Waals surface area contributed by atoms with E-state index in [-0.39, 0.29) is 6.04 Å². The largest absolute Gasteiger partial charge is 0.384 e. The number of hydrogen-bond acceptors (Lipinski definition) is 3. The Morgan fingerprint density at radius 1 is 1.22 bits per heavy atom. The average Bonchev–Trinajstić information content (AvgIpc) is 2.38. The lowest BCUT2D eigenvalue weighted by Gasteiger charge is -2.27. The van der Waals surface area contributed by atoms with Crippen molar-refractivity contribution in [1.82, 2.24) is 4.98 Å². The van der Waals surface area contributed by atoms with Crippen LogP contribution in [0.25, 0.3) is 0 Å². The number of rotatable bonds is 3. The molecule has 0 fully saturated rings. The first-order valence-electron chi connectivity index (χ1n) is 5.78. The minimum absolute atomic E-state index is 0.170. The smallest absolute Gasteiger partial charge is 0.123 e. The topological polar surface area (TPSA) is 42.1 Å². The highest BCUT2D eigenvalue weighted by atomic mass is 35.5. The van der Waals surface area contributed by atoms with E-state index >= 15 is 0 Å². The van der Waals surface area contributed by atoms with E-state index in [0.29, 0.717) is 5.82 Å². The van der Waals surface area contributed by atoms with Crippen LogP contribution in [-0.2, 0) is 0 Å². The van der Waals surface area contributed by atoms with Crippen LogP contribution < -0.4 is 10.6 Å². The van der Waals surface area contributed by atoms with Crippen molar-refractivity contribution in [3.63, 3.8) is 0 Å². The fraction of sp³-hybridized carbons (Fsp3) is 0.214. The molecule has 18 heavy (non-hydrogen) atoms. The molecule has 0 spiro atoms. The molecule has 1 aromatic heterocycles. The van der Waals surface area contributed by atoms with E-state index in [1.54, 1.807) is 12.3 Å². The molecule has 3 nitrogen and oxygen atoms in total. The maximum absolute atomic E-state index is 6.21. The molecule has 0 aliphatic carbocycles. The number of nitrogen functional groups attached to an aromatic ring is 1. The molecule has 1 unspecified atom stereocenters. The molecule has 4 heteroatoms. The summed E-state index contributed by atoms with van der Waals surface area (Å²) in [5, 5.41) is 0.778. The molecular formula is C14H16ClN3. The van der Waals surface area contributed by atoms with Gasteiger partial charge in [0.1, 0.15) is 5.82 Å². The third-order valence-electron chi connectivity index (χ3n) is 3.11. The first-order valence-corrected chi connectivity index (χ1v) is 6.16. The van der Waals surface area contributed by atoms with E-state index < -0.39 is 0 Å². The summed E-state index contributed by atoms with van der Waals surface area (Å²) in [6.45, 7) is 2.11. The summed E-state index contributed by atoms with van der Waals surface area (Å²) in [5.74, 6) is 0.526. The van der Waals surface area contributed by atoms with Crippen molar-refractivity contribution >= 4 is 23.1 Å². The zero-order valence-corrected chi connectivity index (χ0v) is 11.2. The summed E-state index contributed by atoms with van der Waals surface area (Å²) in [6, 6.07) is 11.8. The van der Waals surface area contributed by atoms with Crippen LogP contribution in [-0.4, -0.2) is 12.0 Å². The number of halogens is 1. The van der Waals surface area contributed by atoms with E-state index in [1.807, 2.05) is 37.4 Å². The van der Waals surface area contributed by atoms with E-state index in [9.17, 15) is 0 Å². The highest BCUT2D eigenvalue weighted by molar-refractivity contribution is 6.31. The van der Waals surface area contributed by atoms with E-state index in [4.69, 9.17) is 17.3 Å². The van der Waals surface area contributed by atoms with Crippen molar-refractivity contribution < 1.29 is 0 Å². The van der Waals surface area contributed by atoms with Crippen LogP contribution in [0.5, 0.6) is 0 Å². The van der Waals surface area contributed by atoms with Gasteiger partial charge in [-0.1, -0.05) is 29.8 Å². The van der Waals surface area contributed by atoms with Gasteiger partial charge in [0, 0.05) is 12.1 Å². The molecule has 0 radical (unpaired) electrons. The molecule has 0 amide bonds. The Bertz CT molecular complexity index is 525. The van der Waals surface area contributed by atoms with Crippen molar-refractivity contribution in [3.8, 4) is 0 Å². The van der Waals surface area contributed by atoms with Gasteiger partial charge in [0.2, 0.25) is 0 Å². The Balaban J connectivity index is 2.26. The van der Waals surface area contributed by atoms with Crippen LogP contribution in [0.1, 0.15) is 18.5 Å². The molecule has 0 saturated heterocycles. The van der Waals surface area contributed by atoms with E-state index in [1.165, 1.54) is 0 Å². The van der Waals surface area contributed by atoms with Crippen LogP contribution in [0.4, 0.5) is 11.5 Å². The van der Waals surface area contributed by atoms with Gasteiger partial charge in [-0.2, -0.15) is 0 Å². The SMILES string of the molecule is CC(c1ccccc1Cl)N(C)c1ccc(N)nc1. The predicted molar refractivity (Wildman–Crippen MR) is 76.9 cm³/mol. The maximum atomic E-state index is 6.21. The van der Waals surface area contributed by atoms with Crippen LogP contribution in [0.3, 0.4) is 0 Å². The molecule has 0 aliphatic rings. The van der Waals surface area contributed by atoms with Crippen molar-refractivity contribution in [2.75, 3.05) is 17.7 Å². The van der Waals surface area contributed by atoms with Crippen molar-refractivity contribution in [1.29, 1.82) is 0 Å². The van der Waals surface area contributed by atoms with Crippen LogP contribution in [0, 0.1) is 0 Å². The fourth-order valence-corrected chi connectivity index (χ4v) is 2.15. The molecule has 0 saturated carbocycles. The van der Waals surface area contributed by atoms with Gasteiger partial charge in [0.05, 0.1) is 17.9 Å². The monoisotopic (exact) mass is 261 g/mol. The standard InChI is InChI=1S/C14H16ClN3/c1-10(12-5-3-4-6-13(12)15)18(2)11-7-8-14(16)17-9-11/h3-10H,1-2H3,(H2,16,17). The summed E-state index contributed by atoms with van der Waals surface area (Å²) in [7, 11) is 2.02. The zero-order chi connectivity index (χ0) is 13.1. The average molecular weight is 262 g/mol. The minimum atomic E-state index is 0.170. The van der Waals surface area contributed by atoms with Gasteiger partial charge in [0.15, 0.2) is 0 Å². The summed E-state index contributed by atoms with van der Waals surface area (Å²) >= 11 is 6.21. The number of hydrogen-bond donors (Lipinski definition) is 1. The molecule has 0 bridgehead atoms. The van der Waals surface area contributed by atoms with Gasteiger partial charge >= 0.3 is 0 Å². The Hall–Kier alpha value is -1.74. The molecule has 1 aromatic carbocycles. The second kappa shape index (κ2) is 5.27. The molecule has 1 atom stereocenters. The maximum Gasteiger partial charge on any atom is 0.123 e. The van der Waals surface area contributed by atoms with E-state index in [2.05, 4.69) is 16.8 Å². The summed E-state index contributed by atoms with van der Waals surface area (Å²) in [5.41, 5.74) is 7.69. The van der Waals surface area contributed by atoms with Gasteiger partial charge in [-0.15, -0.1) is 0 Å². The molecular weight excluding hydrogens is 246 g/mol.